The van der Waals surface area contributed by atoms with Crippen molar-refractivity contribution in [2.45, 2.75) is 52.5 Å². The zero-order valence-electron chi connectivity index (χ0n) is 12.2. The molecular weight excluding hydrogens is 290 g/mol. The van der Waals surface area contributed by atoms with Crippen LogP contribution in [-0.4, -0.2) is 16.0 Å². The molecule has 5 heteroatoms. The maximum atomic E-state index is 6.08. The minimum atomic E-state index is 0.313. The van der Waals surface area contributed by atoms with Crippen molar-refractivity contribution >= 4 is 39.0 Å². The molecule has 0 saturated heterocycles. The number of nitrogens with zero attached hydrogens (tertiary/aromatic N) is 2. The lowest BCUT2D eigenvalue weighted by molar-refractivity contribution is 0.349. The lowest BCUT2D eigenvalue weighted by Gasteiger charge is -2.28. The standard InChI is InChI=1S/C15H20ClN3S/c1-4-9-8-10-12(18-14(16)19-13(10)20-9)17-11-6-5-7-15(11,2)3/h8,11H,4-7H2,1-3H3,(H,17,18,19). The second kappa shape index (κ2) is 5.15. The van der Waals surface area contributed by atoms with Crippen molar-refractivity contribution in [2.75, 3.05) is 5.32 Å². The third-order valence-electron chi connectivity index (χ3n) is 4.33. The first-order chi connectivity index (χ1) is 9.49. The van der Waals surface area contributed by atoms with Gasteiger partial charge in [0.1, 0.15) is 10.6 Å². The van der Waals surface area contributed by atoms with Gasteiger partial charge in [0.05, 0.1) is 5.39 Å². The Hall–Kier alpha value is -0.870. The molecule has 20 heavy (non-hydrogen) atoms. The van der Waals surface area contributed by atoms with Gasteiger partial charge in [-0.1, -0.05) is 27.2 Å². The van der Waals surface area contributed by atoms with E-state index in [1.165, 1.54) is 24.1 Å². The van der Waals surface area contributed by atoms with Crippen molar-refractivity contribution in [3.8, 4) is 0 Å². The average Bonchev–Trinajstić information content (AvgIpc) is 2.93. The van der Waals surface area contributed by atoms with Gasteiger partial charge >= 0.3 is 0 Å². The first-order valence-electron chi connectivity index (χ1n) is 7.22. The number of hydrogen-bond donors (Lipinski definition) is 1. The van der Waals surface area contributed by atoms with Crippen molar-refractivity contribution < 1.29 is 0 Å². The fraction of sp³-hybridized carbons (Fsp3) is 0.600. The number of nitrogens with one attached hydrogen (secondary N) is 1. The normalized spacial score (nSPS) is 21.5. The fourth-order valence-corrected chi connectivity index (χ4v) is 4.18. The molecule has 1 aliphatic rings. The van der Waals surface area contributed by atoms with Gasteiger partial charge in [0.25, 0.3) is 0 Å². The van der Waals surface area contributed by atoms with Gasteiger partial charge in [0.15, 0.2) is 0 Å². The summed E-state index contributed by atoms with van der Waals surface area (Å²) in [7, 11) is 0. The number of thiophene rings is 1. The summed E-state index contributed by atoms with van der Waals surface area (Å²) in [6.45, 7) is 6.80. The summed E-state index contributed by atoms with van der Waals surface area (Å²) in [5.41, 5.74) is 0.313. The molecule has 1 aliphatic carbocycles. The van der Waals surface area contributed by atoms with Crippen LogP contribution in [-0.2, 0) is 6.42 Å². The zero-order valence-corrected chi connectivity index (χ0v) is 13.7. The molecule has 2 aromatic heterocycles. The highest BCUT2D eigenvalue weighted by molar-refractivity contribution is 7.18. The summed E-state index contributed by atoms with van der Waals surface area (Å²) >= 11 is 7.79. The van der Waals surface area contributed by atoms with Crippen molar-refractivity contribution in [1.82, 2.24) is 9.97 Å². The average molecular weight is 310 g/mol. The topological polar surface area (TPSA) is 37.8 Å². The summed E-state index contributed by atoms with van der Waals surface area (Å²) < 4.78 is 0. The van der Waals surface area contributed by atoms with E-state index in [0.29, 0.717) is 16.7 Å². The van der Waals surface area contributed by atoms with Gasteiger partial charge in [0, 0.05) is 10.9 Å². The van der Waals surface area contributed by atoms with Crippen LogP contribution in [0.4, 0.5) is 5.82 Å². The summed E-state index contributed by atoms with van der Waals surface area (Å²) in [6.07, 6.45) is 4.75. The van der Waals surface area contributed by atoms with Gasteiger partial charge < -0.3 is 5.32 Å². The van der Waals surface area contributed by atoms with Gasteiger partial charge in [-0.25, -0.2) is 9.97 Å². The number of rotatable bonds is 3. The van der Waals surface area contributed by atoms with Gasteiger partial charge in [-0.15, -0.1) is 11.3 Å². The molecule has 3 rings (SSSR count). The molecule has 1 atom stereocenters. The number of aromatic nitrogens is 2. The summed E-state index contributed by atoms with van der Waals surface area (Å²) in [4.78, 5) is 11.1. The molecule has 3 nitrogen and oxygen atoms in total. The highest BCUT2D eigenvalue weighted by Gasteiger charge is 2.35. The van der Waals surface area contributed by atoms with Crippen LogP contribution in [0.2, 0.25) is 5.28 Å². The van der Waals surface area contributed by atoms with E-state index in [4.69, 9.17) is 11.6 Å². The lowest BCUT2D eigenvalue weighted by atomic mass is 9.87. The Bertz CT molecular complexity index is 635. The molecule has 0 spiro atoms. The third kappa shape index (κ3) is 2.51. The van der Waals surface area contributed by atoms with Crippen LogP contribution in [0.3, 0.4) is 0 Å². The van der Waals surface area contributed by atoms with Gasteiger partial charge in [0.2, 0.25) is 5.28 Å². The SMILES string of the molecule is CCc1cc2c(NC3CCCC3(C)C)nc(Cl)nc2s1. The van der Waals surface area contributed by atoms with E-state index >= 15 is 0 Å². The second-order valence-corrected chi connectivity index (χ2v) is 7.66. The fourth-order valence-electron chi connectivity index (χ4n) is 2.99. The predicted octanol–water partition coefficient (Wildman–Crippen LogP) is 4.90. The Morgan fingerprint density at radius 1 is 1.45 bits per heavy atom. The molecule has 0 amide bonds. The predicted molar refractivity (Wildman–Crippen MR) is 86.8 cm³/mol. The Labute approximate surface area is 128 Å². The van der Waals surface area contributed by atoms with Crippen LogP contribution < -0.4 is 5.32 Å². The van der Waals surface area contributed by atoms with Crippen molar-refractivity contribution in [3.05, 3.63) is 16.2 Å². The summed E-state index contributed by atoms with van der Waals surface area (Å²) in [5, 5.41) is 5.07. The molecule has 0 aliphatic heterocycles. The van der Waals surface area contributed by atoms with Crippen molar-refractivity contribution in [2.24, 2.45) is 5.41 Å². The first kappa shape index (κ1) is 14.1. The molecule has 0 aromatic carbocycles. The third-order valence-corrected chi connectivity index (χ3v) is 5.68. The maximum Gasteiger partial charge on any atom is 0.225 e. The van der Waals surface area contributed by atoms with Crippen LogP contribution in [0.15, 0.2) is 6.07 Å². The smallest absolute Gasteiger partial charge is 0.225 e. The molecule has 0 radical (unpaired) electrons. The van der Waals surface area contributed by atoms with E-state index in [0.717, 1.165) is 22.5 Å². The van der Waals surface area contributed by atoms with E-state index in [9.17, 15) is 0 Å². The van der Waals surface area contributed by atoms with Crippen LogP contribution in [0.1, 0.15) is 44.9 Å². The Balaban J connectivity index is 2.00. The number of hydrogen-bond acceptors (Lipinski definition) is 4. The molecule has 108 valence electrons. The van der Waals surface area contributed by atoms with Gasteiger partial charge in [-0.05, 0) is 42.3 Å². The highest BCUT2D eigenvalue weighted by atomic mass is 35.5. The first-order valence-corrected chi connectivity index (χ1v) is 8.41. The van der Waals surface area contributed by atoms with E-state index < -0.39 is 0 Å². The highest BCUT2D eigenvalue weighted by Crippen LogP contribution is 2.40. The maximum absolute atomic E-state index is 6.08. The second-order valence-electron chi connectivity index (χ2n) is 6.20. The van der Waals surface area contributed by atoms with E-state index in [1.807, 2.05) is 0 Å². The number of halogens is 1. The Kier molecular flexibility index (Phi) is 3.63. The Morgan fingerprint density at radius 3 is 2.90 bits per heavy atom. The van der Waals surface area contributed by atoms with Gasteiger partial charge in [-0.2, -0.15) is 0 Å². The van der Waals surface area contributed by atoms with Crippen LogP contribution in [0.25, 0.3) is 10.2 Å². The molecule has 1 fully saturated rings. The number of aryl methyl sites for hydroxylation is 1. The lowest BCUT2D eigenvalue weighted by Crippen LogP contribution is -2.31. The molecular formula is C15H20ClN3S. The molecule has 2 aromatic rings. The number of fused-ring (bicyclic) bond motifs is 1. The number of anilines is 1. The summed E-state index contributed by atoms with van der Waals surface area (Å²) in [5.74, 6) is 0.899. The van der Waals surface area contributed by atoms with Crippen LogP contribution in [0.5, 0.6) is 0 Å². The quantitative estimate of drug-likeness (QED) is 0.820. The largest absolute Gasteiger partial charge is 0.366 e. The Morgan fingerprint density at radius 2 is 2.25 bits per heavy atom. The van der Waals surface area contributed by atoms with Crippen LogP contribution in [0, 0.1) is 5.41 Å². The van der Waals surface area contributed by atoms with Crippen LogP contribution >= 0.6 is 22.9 Å². The van der Waals surface area contributed by atoms with E-state index in [1.54, 1.807) is 11.3 Å². The van der Waals surface area contributed by atoms with E-state index in [-0.39, 0.29) is 0 Å². The molecule has 2 heterocycles. The monoisotopic (exact) mass is 309 g/mol. The zero-order chi connectivity index (χ0) is 14.3. The molecule has 1 unspecified atom stereocenters. The van der Waals surface area contributed by atoms with Crippen molar-refractivity contribution in [1.29, 1.82) is 0 Å². The molecule has 1 N–H and O–H groups in total. The minimum Gasteiger partial charge on any atom is -0.366 e. The molecule has 1 saturated carbocycles. The van der Waals surface area contributed by atoms with Gasteiger partial charge in [-0.3, -0.25) is 0 Å². The minimum absolute atomic E-state index is 0.313. The van der Waals surface area contributed by atoms with E-state index in [2.05, 4.69) is 42.1 Å². The summed E-state index contributed by atoms with van der Waals surface area (Å²) in [6, 6.07) is 2.65. The van der Waals surface area contributed by atoms with Crippen molar-refractivity contribution in [3.63, 3.8) is 0 Å². The molecule has 0 bridgehead atoms.